The third-order valence-electron chi connectivity index (χ3n) is 8.10. The Bertz CT molecular complexity index is 1150. The number of aromatic carboxylic acids is 1. The average Bonchev–Trinajstić information content (AvgIpc) is 3.10. The number of carboxylic acids is 1. The van der Waals surface area contributed by atoms with Gasteiger partial charge in [-0.2, -0.15) is 0 Å². The van der Waals surface area contributed by atoms with Gasteiger partial charge in [0.1, 0.15) is 19.3 Å². The highest BCUT2D eigenvalue weighted by Gasteiger charge is 2.53. The molecule has 2 aliphatic heterocycles. The predicted octanol–water partition coefficient (Wildman–Crippen LogP) is 3.63. The minimum Gasteiger partial charge on any atom is -0.545 e. The van der Waals surface area contributed by atoms with E-state index in [0.717, 1.165) is 30.2 Å². The van der Waals surface area contributed by atoms with E-state index in [-0.39, 0.29) is 18.3 Å². The third-order valence-corrected chi connectivity index (χ3v) is 8.10. The zero-order chi connectivity index (χ0) is 27.2. The van der Waals surface area contributed by atoms with Crippen LogP contribution in [-0.2, 0) is 15.1 Å². The van der Waals surface area contributed by atoms with Crippen LogP contribution < -0.4 is 5.11 Å². The highest BCUT2D eigenvalue weighted by Crippen LogP contribution is 2.43. The van der Waals surface area contributed by atoms with Crippen molar-refractivity contribution in [1.29, 1.82) is 0 Å². The zero-order valence-corrected chi connectivity index (χ0v) is 21.5. The Morgan fingerprint density at radius 2 is 1.34 bits per heavy atom. The van der Waals surface area contributed by atoms with Crippen molar-refractivity contribution in [2.45, 2.75) is 49.5 Å². The number of hydrogen-bond acceptors (Lipinski definition) is 5. The predicted molar refractivity (Wildman–Crippen MR) is 140 cm³/mol. The van der Waals surface area contributed by atoms with Crippen LogP contribution in [0.4, 0.5) is 4.39 Å². The number of ether oxygens (including phenoxy) is 1. The highest BCUT2D eigenvalue weighted by atomic mass is 19.1. The van der Waals surface area contributed by atoms with Crippen LogP contribution in [0.1, 0.15) is 47.2 Å². The number of alkyl halides is 1. The average molecular weight is 520 g/mol. The number of nitrogens with zero attached hydrogens (tertiary/aromatic N) is 1. The number of aliphatic hydroxyl groups is 1. The number of halogens is 1. The Morgan fingerprint density at radius 1 is 0.895 bits per heavy atom. The summed E-state index contributed by atoms with van der Waals surface area (Å²) in [6, 6.07) is 26.6. The van der Waals surface area contributed by atoms with E-state index in [0.29, 0.717) is 29.8 Å². The summed E-state index contributed by atoms with van der Waals surface area (Å²) in [6.07, 6.45) is 3.27. The molecule has 2 heterocycles. The van der Waals surface area contributed by atoms with Gasteiger partial charge in [-0.25, -0.2) is 9.18 Å². The summed E-state index contributed by atoms with van der Waals surface area (Å²) in [6.45, 7) is 0.198. The number of esters is 1. The molecule has 2 saturated heterocycles. The molecule has 6 nitrogen and oxygen atoms in total. The number of carbonyl (C=O) groups excluding carboxylic acids is 2. The van der Waals surface area contributed by atoms with Crippen molar-refractivity contribution in [3.63, 3.8) is 0 Å². The van der Waals surface area contributed by atoms with Crippen molar-refractivity contribution in [1.82, 2.24) is 0 Å². The highest BCUT2D eigenvalue weighted by molar-refractivity contribution is 5.86. The van der Waals surface area contributed by atoms with Gasteiger partial charge in [0.15, 0.2) is 0 Å². The smallest absolute Gasteiger partial charge is 0.347 e. The second-order valence-electron chi connectivity index (χ2n) is 10.2. The van der Waals surface area contributed by atoms with Crippen LogP contribution in [0.25, 0.3) is 0 Å². The topological polar surface area (TPSA) is 86.7 Å². The third kappa shape index (κ3) is 5.64. The summed E-state index contributed by atoms with van der Waals surface area (Å²) in [4.78, 5) is 23.4. The summed E-state index contributed by atoms with van der Waals surface area (Å²) < 4.78 is 19.8. The van der Waals surface area contributed by atoms with Crippen molar-refractivity contribution < 1.29 is 33.4 Å². The monoisotopic (exact) mass is 519 g/mol. The molecular formula is C31H34FNO5. The Hall–Kier alpha value is -3.55. The lowest BCUT2D eigenvalue weighted by Crippen LogP contribution is -2.60. The fraction of sp³-hybridized carbons (Fsp3) is 0.355. The molecule has 3 aromatic rings. The number of quaternary nitrogens is 1. The first kappa shape index (κ1) is 27.5. The standard InChI is InChI=1S/C24H29FNO3.C7H6O2/c1-26(15-14-25)20-12-13-21(26)17-22(16-20)29-23(27)24(28,18-8-4-2-5-9-18)19-10-6-3-7-11-19;8-7(9)6-4-2-1-3-5-6/h2-11,20-22,28H,12-17H2,1H3;1-5H,(H,8,9)/q+1;/p-1/t20-,21-,22?,26?;/m1./s1. The van der Waals surface area contributed by atoms with Crippen LogP contribution in [0.2, 0.25) is 0 Å². The van der Waals surface area contributed by atoms with E-state index >= 15 is 0 Å². The normalized spacial score (nSPS) is 24.1. The maximum Gasteiger partial charge on any atom is 0.347 e. The number of fused-ring (bicyclic) bond motifs is 2. The van der Waals surface area contributed by atoms with Gasteiger partial charge in [0.05, 0.1) is 25.1 Å². The maximum absolute atomic E-state index is 13.3. The van der Waals surface area contributed by atoms with Crippen LogP contribution in [-0.4, -0.2) is 60.0 Å². The van der Waals surface area contributed by atoms with Crippen molar-refractivity contribution in [2.75, 3.05) is 20.3 Å². The minimum absolute atomic E-state index is 0.220. The number of piperidine rings is 1. The SMILES string of the molecule is C[N+]1(CCF)[C@@H]2CC[C@@H]1CC(OC(=O)C(O)(c1ccccc1)c1ccccc1)C2.O=C([O-])c1ccccc1. The van der Waals surface area contributed by atoms with Crippen LogP contribution in [0.3, 0.4) is 0 Å². The van der Waals surface area contributed by atoms with Gasteiger partial charge in [0.2, 0.25) is 5.60 Å². The minimum atomic E-state index is -1.85. The Balaban J connectivity index is 0.000000317. The van der Waals surface area contributed by atoms with Crippen molar-refractivity contribution in [3.05, 3.63) is 108 Å². The maximum atomic E-state index is 13.3. The van der Waals surface area contributed by atoms with Crippen molar-refractivity contribution in [2.24, 2.45) is 0 Å². The van der Waals surface area contributed by atoms with Gasteiger partial charge in [-0.1, -0.05) is 91.0 Å². The van der Waals surface area contributed by atoms with E-state index in [4.69, 9.17) is 4.74 Å². The summed E-state index contributed by atoms with van der Waals surface area (Å²) in [5, 5.41) is 21.6. The summed E-state index contributed by atoms with van der Waals surface area (Å²) in [7, 11) is 2.13. The van der Waals surface area contributed by atoms with Gasteiger partial charge >= 0.3 is 5.97 Å². The summed E-state index contributed by atoms with van der Waals surface area (Å²) >= 11 is 0. The Labute approximate surface area is 222 Å². The molecule has 1 N–H and O–H groups in total. The van der Waals surface area contributed by atoms with E-state index in [1.807, 2.05) is 12.1 Å². The number of benzene rings is 3. The Kier molecular flexibility index (Phi) is 8.59. The molecule has 0 aromatic heterocycles. The van der Waals surface area contributed by atoms with Crippen molar-refractivity contribution in [3.8, 4) is 0 Å². The molecular weight excluding hydrogens is 485 g/mol. The number of hydrogen-bond donors (Lipinski definition) is 1. The van der Waals surface area contributed by atoms with E-state index in [1.54, 1.807) is 66.7 Å². The molecule has 5 rings (SSSR count). The van der Waals surface area contributed by atoms with Gasteiger partial charge in [0, 0.05) is 25.7 Å². The second kappa shape index (κ2) is 11.9. The lowest BCUT2D eigenvalue weighted by Gasteiger charge is -2.46. The molecule has 0 spiro atoms. The van der Waals surface area contributed by atoms with Crippen LogP contribution in [0.5, 0.6) is 0 Å². The molecule has 7 heteroatoms. The summed E-state index contributed by atoms with van der Waals surface area (Å²) in [5.41, 5.74) is -0.644. The Morgan fingerprint density at radius 3 is 1.74 bits per heavy atom. The zero-order valence-electron chi connectivity index (χ0n) is 21.5. The van der Waals surface area contributed by atoms with Gasteiger partial charge in [-0.05, 0) is 16.7 Å². The van der Waals surface area contributed by atoms with E-state index in [9.17, 15) is 24.2 Å². The largest absolute Gasteiger partial charge is 0.545 e. The molecule has 38 heavy (non-hydrogen) atoms. The van der Waals surface area contributed by atoms with Gasteiger partial charge in [-0.3, -0.25) is 0 Å². The first-order valence-electron chi connectivity index (χ1n) is 13.0. The van der Waals surface area contributed by atoms with Gasteiger partial charge in [-0.15, -0.1) is 0 Å². The number of carboxylic acid groups (broad SMARTS) is 1. The molecule has 2 bridgehead atoms. The fourth-order valence-electron chi connectivity index (χ4n) is 5.91. The molecule has 0 amide bonds. The lowest BCUT2D eigenvalue weighted by atomic mass is 9.86. The summed E-state index contributed by atoms with van der Waals surface area (Å²) in [5.74, 6) is -1.77. The molecule has 2 fully saturated rings. The molecule has 2 aliphatic rings. The van der Waals surface area contributed by atoms with Crippen LogP contribution in [0, 0.1) is 0 Å². The first-order valence-corrected chi connectivity index (χ1v) is 13.0. The molecule has 0 unspecified atom stereocenters. The van der Waals surface area contributed by atoms with Crippen molar-refractivity contribution >= 4 is 11.9 Å². The molecule has 200 valence electrons. The molecule has 3 aromatic carbocycles. The van der Waals surface area contributed by atoms with Gasteiger partial charge < -0.3 is 24.2 Å². The quantitative estimate of drug-likeness (QED) is 0.381. The fourth-order valence-corrected chi connectivity index (χ4v) is 5.91. The molecule has 2 atom stereocenters. The van der Waals surface area contributed by atoms with E-state index in [2.05, 4.69) is 7.05 Å². The molecule has 0 saturated carbocycles. The van der Waals surface area contributed by atoms with E-state index < -0.39 is 17.5 Å². The van der Waals surface area contributed by atoms with Crippen LogP contribution >= 0.6 is 0 Å². The first-order chi connectivity index (χ1) is 18.3. The van der Waals surface area contributed by atoms with Crippen LogP contribution in [0.15, 0.2) is 91.0 Å². The van der Waals surface area contributed by atoms with E-state index in [1.165, 1.54) is 12.1 Å². The second-order valence-corrected chi connectivity index (χ2v) is 10.2. The molecule has 0 aliphatic carbocycles. The number of carbonyl (C=O) groups is 2. The molecule has 0 radical (unpaired) electrons. The lowest BCUT2D eigenvalue weighted by molar-refractivity contribution is -0.949. The number of rotatable bonds is 7. The van der Waals surface area contributed by atoms with Gasteiger partial charge in [0.25, 0.3) is 0 Å².